The van der Waals surface area contributed by atoms with Crippen molar-refractivity contribution in [1.29, 1.82) is 0 Å². The molecule has 0 unspecified atom stereocenters. The highest BCUT2D eigenvalue weighted by Gasteiger charge is 2.24. The molecule has 122 valence electrons. The van der Waals surface area contributed by atoms with E-state index >= 15 is 0 Å². The van der Waals surface area contributed by atoms with Gasteiger partial charge in [0.15, 0.2) is 5.65 Å². The van der Waals surface area contributed by atoms with Crippen molar-refractivity contribution in [2.45, 2.75) is 32.2 Å². The van der Waals surface area contributed by atoms with Gasteiger partial charge < -0.3 is 10.2 Å². The van der Waals surface area contributed by atoms with Gasteiger partial charge in [-0.15, -0.1) is 0 Å². The van der Waals surface area contributed by atoms with Gasteiger partial charge in [-0.05, 0) is 38.3 Å². The van der Waals surface area contributed by atoms with Crippen LogP contribution >= 0.6 is 0 Å². The third-order valence-corrected chi connectivity index (χ3v) is 4.07. The average molecular weight is 317 g/mol. The molecular formula is C15H19N5O3. The number of pyridine rings is 1. The first-order chi connectivity index (χ1) is 11.1. The SMILES string of the molecule is C[C@H](NC(=O)c1cccn2c(=O)[nH]nc12)C(=O)N1CCCCC1. The summed E-state index contributed by atoms with van der Waals surface area (Å²) in [6.45, 7) is 3.15. The number of piperidine rings is 1. The molecule has 23 heavy (non-hydrogen) atoms. The van der Waals surface area contributed by atoms with Gasteiger partial charge in [0.05, 0.1) is 5.56 Å². The van der Waals surface area contributed by atoms with Gasteiger partial charge in [0.1, 0.15) is 6.04 Å². The number of aromatic nitrogens is 3. The molecule has 0 aromatic carbocycles. The molecule has 0 radical (unpaired) electrons. The van der Waals surface area contributed by atoms with E-state index in [1.54, 1.807) is 24.0 Å². The van der Waals surface area contributed by atoms with Crippen LogP contribution in [0.1, 0.15) is 36.5 Å². The summed E-state index contributed by atoms with van der Waals surface area (Å²) >= 11 is 0. The fraction of sp³-hybridized carbons (Fsp3) is 0.467. The lowest BCUT2D eigenvalue weighted by Gasteiger charge is -2.29. The number of H-pyrrole nitrogens is 1. The summed E-state index contributed by atoms with van der Waals surface area (Å²) in [5.74, 6) is -0.503. The lowest BCUT2D eigenvalue weighted by atomic mass is 10.1. The maximum atomic E-state index is 12.4. The highest BCUT2D eigenvalue weighted by atomic mass is 16.2. The Morgan fingerprint density at radius 2 is 2.04 bits per heavy atom. The van der Waals surface area contributed by atoms with Crippen molar-refractivity contribution in [3.8, 4) is 0 Å². The van der Waals surface area contributed by atoms with E-state index < -0.39 is 17.6 Å². The Bertz CT molecular complexity index is 788. The summed E-state index contributed by atoms with van der Waals surface area (Å²) in [4.78, 5) is 38.1. The maximum Gasteiger partial charge on any atom is 0.347 e. The van der Waals surface area contributed by atoms with Crippen molar-refractivity contribution in [3.63, 3.8) is 0 Å². The zero-order valence-corrected chi connectivity index (χ0v) is 12.9. The monoisotopic (exact) mass is 317 g/mol. The summed E-state index contributed by atoms with van der Waals surface area (Å²) in [7, 11) is 0. The van der Waals surface area contributed by atoms with Gasteiger partial charge in [-0.25, -0.2) is 14.3 Å². The molecule has 8 heteroatoms. The number of nitrogens with zero attached hydrogens (tertiary/aromatic N) is 3. The number of hydrogen-bond donors (Lipinski definition) is 2. The number of fused-ring (bicyclic) bond motifs is 1. The Labute approximate surface area is 132 Å². The van der Waals surface area contributed by atoms with E-state index in [0.717, 1.165) is 32.4 Å². The summed E-state index contributed by atoms with van der Waals surface area (Å²) < 4.78 is 1.26. The molecule has 0 saturated carbocycles. The van der Waals surface area contributed by atoms with Crippen molar-refractivity contribution < 1.29 is 9.59 Å². The predicted molar refractivity (Wildman–Crippen MR) is 83.2 cm³/mol. The Hall–Kier alpha value is -2.64. The maximum absolute atomic E-state index is 12.4. The van der Waals surface area contributed by atoms with E-state index in [9.17, 15) is 14.4 Å². The van der Waals surface area contributed by atoms with Gasteiger partial charge in [-0.1, -0.05) is 0 Å². The summed E-state index contributed by atoms with van der Waals surface area (Å²) in [6.07, 6.45) is 4.67. The van der Waals surface area contributed by atoms with Gasteiger partial charge in [0.2, 0.25) is 5.91 Å². The Balaban J connectivity index is 1.75. The lowest BCUT2D eigenvalue weighted by Crippen LogP contribution is -2.48. The minimum absolute atomic E-state index is 0.0792. The van der Waals surface area contributed by atoms with Crippen LogP contribution in [0.3, 0.4) is 0 Å². The normalized spacial score (nSPS) is 16.3. The van der Waals surface area contributed by atoms with E-state index in [1.165, 1.54) is 10.6 Å². The van der Waals surface area contributed by atoms with Crippen molar-refractivity contribution >= 4 is 17.5 Å². The van der Waals surface area contributed by atoms with Crippen LogP contribution < -0.4 is 11.0 Å². The lowest BCUT2D eigenvalue weighted by molar-refractivity contribution is -0.133. The van der Waals surface area contributed by atoms with Crippen molar-refractivity contribution in [3.05, 3.63) is 34.4 Å². The second kappa shape index (κ2) is 6.23. The minimum atomic E-state index is -0.619. The molecule has 2 N–H and O–H groups in total. The highest BCUT2D eigenvalue weighted by molar-refractivity contribution is 6.01. The first-order valence-corrected chi connectivity index (χ1v) is 7.73. The number of nitrogens with one attached hydrogen (secondary N) is 2. The molecule has 1 saturated heterocycles. The summed E-state index contributed by atoms with van der Waals surface area (Å²) in [5.41, 5.74) is 0.0869. The molecule has 3 rings (SSSR count). The Morgan fingerprint density at radius 3 is 2.78 bits per heavy atom. The number of likely N-dealkylation sites (tertiary alicyclic amines) is 1. The third kappa shape index (κ3) is 2.96. The number of hydrogen-bond acceptors (Lipinski definition) is 4. The number of aromatic amines is 1. The fourth-order valence-corrected chi connectivity index (χ4v) is 2.83. The smallest absolute Gasteiger partial charge is 0.341 e. The molecule has 2 amide bonds. The molecule has 2 aromatic rings. The van der Waals surface area contributed by atoms with Crippen LogP contribution in [0.4, 0.5) is 0 Å². The van der Waals surface area contributed by atoms with Gasteiger partial charge in [0, 0.05) is 19.3 Å². The molecule has 1 aliphatic heterocycles. The summed E-state index contributed by atoms with van der Waals surface area (Å²) in [5, 5.41) is 8.85. The van der Waals surface area contributed by atoms with Crippen LogP contribution in [0.2, 0.25) is 0 Å². The van der Waals surface area contributed by atoms with E-state index in [4.69, 9.17) is 0 Å². The van der Waals surface area contributed by atoms with Gasteiger partial charge in [-0.3, -0.25) is 9.59 Å². The zero-order valence-electron chi connectivity index (χ0n) is 12.9. The standard InChI is InChI=1S/C15H19N5O3/c1-10(14(22)19-7-3-2-4-8-19)16-13(21)11-6-5-9-20-12(11)17-18-15(20)23/h5-6,9-10H,2-4,7-8H2,1H3,(H,16,21)(H,18,23)/t10-/m0/s1. The second-order valence-corrected chi connectivity index (χ2v) is 5.73. The molecular weight excluding hydrogens is 298 g/mol. The quantitative estimate of drug-likeness (QED) is 0.842. The second-order valence-electron chi connectivity index (χ2n) is 5.73. The van der Waals surface area contributed by atoms with Crippen LogP contribution in [0, 0.1) is 0 Å². The van der Waals surface area contributed by atoms with E-state index in [0.29, 0.717) is 0 Å². The molecule has 1 aliphatic rings. The molecule has 3 heterocycles. The molecule has 0 spiro atoms. The number of rotatable bonds is 3. The van der Waals surface area contributed by atoms with Crippen LogP contribution in [0.5, 0.6) is 0 Å². The fourth-order valence-electron chi connectivity index (χ4n) is 2.83. The van der Waals surface area contributed by atoms with Crippen LogP contribution in [-0.4, -0.2) is 50.4 Å². The topological polar surface area (TPSA) is 99.6 Å². The Morgan fingerprint density at radius 1 is 1.30 bits per heavy atom. The predicted octanol–water partition coefficient (Wildman–Crippen LogP) is 0.153. The first-order valence-electron chi connectivity index (χ1n) is 7.73. The average Bonchev–Trinajstić information content (AvgIpc) is 2.96. The zero-order chi connectivity index (χ0) is 16.4. The molecule has 8 nitrogen and oxygen atoms in total. The molecule has 0 bridgehead atoms. The third-order valence-electron chi connectivity index (χ3n) is 4.07. The van der Waals surface area contributed by atoms with Gasteiger partial charge in [-0.2, -0.15) is 5.10 Å². The molecule has 1 atom stereocenters. The van der Waals surface area contributed by atoms with E-state index in [2.05, 4.69) is 15.5 Å². The number of carbonyl (C=O) groups excluding carboxylic acids is 2. The largest absolute Gasteiger partial charge is 0.347 e. The number of amides is 2. The highest BCUT2D eigenvalue weighted by Crippen LogP contribution is 2.11. The van der Waals surface area contributed by atoms with Crippen LogP contribution in [0.15, 0.2) is 23.1 Å². The van der Waals surface area contributed by atoms with Gasteiger partial charge in [0.25, 0.3) is 5.91 Å². The van der Waals surface area contributed by atoms with Crippen molar-refractivity contribution in [2.75, 3.05) is 13.1 Å². The van der Waals surface area contributed by atoms with Crippen molar-refractivity contribution in [2.24, 2.45) is 0 Å². The van der Waals surface area contributed by atoms with E-state index in [1.807, 2.05) is 0 Å². The molecule has 2 aromatic heterocycles. The van der Waals surface area contributed by atoms with E-state index in [-0.39, 0.29) is 17.1 Å². The molecule has 1 fully saturated rings. The van der Waals surface area contributed by atoms with Crippen LogP contribution in [0.25, 0.3) is 5.65 Å². The van der Waals surface area contributed by atoms with Gasteiger partial charge >= 0.3 is 5.69 Å². The minimum Gasteiger partial charge on any atom is -0.341 e. The first kappa shape index (κ1) is 15.3. The molecule has 0 aliphatic carbocycles. The Kier molecular flexibility index (Phi) is 4.14. The van der Waals surface area contributed by atoms with Crippen LogP contribution in [-0.2, 0) is 4.79 Å². The summed E-state index contributed by atoms with van der Waals surface area (Å²) in [6, 6.07) is 2.55. The van der Waals surface area contributed by atoms with Crippen molar-refractivity contribution in [1.82, 2.24) is 24.8 Å². The number of carbonyl (C=O) groups is 2.